The Bertz CT molecular complexity index is 732. The maximum atomic E-state index is 12.0. The molecule has 1 unspecified atom stereocenters. The van der Waals surface area contributed by atoms with Gasteiger partial charge in [0.15, 0.2) is 0 Å². The van der Waals surface area contributed by atoms with Crippen molar-refractivity contribution in [3.8, 4) is 0 Å². The lowest BCUT2D eigenvalue weighted by Crippen LogP contribution is -2.42. The summed E-state index contributed by atoms with van der Waals surface area (Å²) in [5.74, 6) is 2.25. The first-order valence-electron chi connectivity index (χ1n) is 7.98. The van der Waals surface area contributed by atoms with Gasteiger partial charge in [0.05, 0.1) is 24.1 Å². The molecular weight excluding hydrogens is 304 g/mol. The van der Waals surface area contributed by atoms with Crippen LogP contribution in [0.2, 0.25) is 0 Å². The molecule has 2 heterocycles. The molecule has 1 aromatic rings. The largest absolute Gasteiger partial charge is 0.390 e. The van der Waals surface area contributed by atoms with Crippen LogP contribution in [0.3, 0.4) is 0 Å². The fourth-order valence-corrected chi connectivity index (χ4v) is 2.83. The summed E-state index contributed by atoms with van der Waals surface area (Å²) in [7, 11) is 0. The molecule has 3 rings (SSSR count). The Morgan fingerprint density at radius 2 is 2.21 bits per heavy atom. The Hall–Kier alpha value is -2.53. The number of aliphatic hydroxyl groups excluding tert-OH is 1. The number of aliphatic imine (C=N–C) groups is 2. The van der Waals surface area contributed by atoms with E-state index in [4.69, 9.17) is 0 Å². The molecule has 24 heavy (non-hydrogen) atoms. The molecule has 2 N–H and O–H groups in total. The Balaban J connectivity index is 1.46. The number of nitrogens with zero attached hydrogens (tertiary/aromatic N) is 3. The number of fused-ring (bicyclic) bond motifs is 1. The van der Waals surface area contributed by atoms with Crippen LogP contribution in [0, 0.1) is 0 Å². The van der Waals surface area contributed by atoms with Gasteiger partial charge in [0.25, 0.3) is 5.91 Å². The lowest BCUT2D eigenvalue weighted by atomic mass is 10.00. The summed E-state index contributed by atoms with van der Waals surface area (Å²) in [4.78, 5) is 21.9. The average molecular weight is 324 g/mol. The third kappa shape index (κ3) is 4.26. The number of aliphatic hydroxyl groups is 1. The Kier molecular flexibility index (Phi) is 5.33. The standard InChI is InChI=1S/C18H20N4O2/c23-17(11-21-18(24)16-9-19-6-7-20-10-16)13-22-8-5-14-3-1-2-4-15(14)12-22/h1-4,6,9-10,17,23H,5,8,11-13H2,(H,21,24). The van der Waals surface area contributed by atoms with Crippen molar-refractivity contribution in [2.75, 3.05) is 19.6 Å². The topological polar surface area (TPSA) is 77.3 Å². The minimum atomic E-state index is -0.621. The first kappa shape index (κ1) is 16.3. The van der Waals surface area contributed by atoms with Crippen molar-refractivity contribution in [3.63, 3.8) is 0 Å². The third-order valence-electron chi connectivity index (χ3n) is 4.06. The predicted octanol–water partition coefficient (Wildman–Crippen LogP) is 0.674. The van der Waals surface area contributed by atoms with E-state index < -0.39 is 6.10 Å². The van der Waals surface area contributed by atoms with E-state index in [1.165, 1.54) is 29.7 Å². The molecular formula is C18H20N4O2. The van der Waals surface area contributed by atoms with Crippen LogP contribution >= 0.6 is 0 Å². The molecule has 2 aliphatic heterocycles. The minimum absolute atomic E-state index is 0.194. The van der Waals surface area contributed by atoms with E-state index in [0.29, 0.717) is 12.1 Å². The summed E-state index contributed by atoms with van der Waals surface area (Å²) in [6, 6.07) is 8.38. The number of nitrogens with one attached hydrogen (secondary N) is 1. The van der Waals surface area contributed by atoms with E-state index in [1.54, 1.807) is 0 Å². The summed E-state index contributed by atoms with van der Waals surface area (Å²) >= 11 is 0. The van der Waals surface area contributed by atoms with Crippen LogP contribution in [0.1, 0.15) is 11.1 Å². The van der Waals surface area contributed by atoms with Crippen LogP contribution in [-0.2, 0) is 17.8 Å². The second-order valence-electron chi connectivity index (χ2n) is 5.87. The summed E-state index contributed by atoms with van der Waals surface area (Å²) in [5.41, 5.74) is 3.03. The van der Waals surface area contributed by atoms with E-state index >= 15 is 0 Å². The fourth-order valence-electron chi connectivity index (χ4n) is 2.83. The van der Waals surface area contributed by atoms with Gasteiger partial charge in [-0.1, -0.05) is 24.3 Å². The van der Waals surface area contributed by atoms with E-state index in [0.717, 1.165) is 19.5 Å². The van der Waals surface area contributed by atoms with Gasteiger partial charge in [0.1, 0.15) is 0 Å². The van der Waals surface area contributed by atoms with Gasteiger partial charge in [0.2, 0.25) is 0 Å². The highest BCUT2D eigenvalue weighted by Crippen LogP contribution is 2.18. The van der Waals surface area contributed by atoms with E-state index in [9.17, 15) is 9.90 Å². The molecule has 0 saturated carbocycles. The van der Waals surface area contributed by atoms with Crippen LogP contribution < -0.4 is 5.32 Å². The number of amides is 1. The summed E-state index contributed by atoms with van der Waals surface area (Å²) in [6.45, 7) is 2.47. The van der Waals surface area contributed by atoms with Crippen molar-refractivity contribution < 1.29 is 9.90 Å². The number of β-amino-alcohol motifs (C(OH)–C–C–N with tert-alkyl or cyclic N) is 1. The van der Waals surface area contributed by atoms with Crippen LogP contribution in [0.5, 0.6) is 0 Å². The van der Waals surface area contributed by atoms with Gasteiger partial charge in [-0.2, -0.15) is 0 Å². The highest BCUT2D eigenvalue weighted by molar-refractivity contribution is 6.12. The molecule has 0 aromatic heterocycles. The second kappa shape index (κ2) is 7.84. The molecule has 1 aromatic carbocycles. The maximum absolute atomic E-state index is 12.0. The van der Waals surface area contributed by atoms with Gasteiger partial charge in [-0.3, -0.25) is 14.7 Å². The Labute approximate surface area is 140 Å². The molecule has 124 valence electrons. The smallest absolute Gasteiger partial charge is 0.254 e. The molecule has 0 radical (unpaired) electrons. The molecule has 6 heteroatoms. The number of carbonyl (C=O) groups is 1. The molecule has 0 fully saturated rings. The summed E-state index contributed by atoms with van der Waals surface area (Å²) in [6.07, 6.45) is 4.58. The zero-order chi connectivity index (χ0) is 16.8. The molecule has 0 bridgehead atoms. The van der Waals surface area contributed by atoms with E-state index in [2.05, 4.69) is 44.3 Å². The first-order chi connectivity index (χ1) is 11.7. The fraction of sp³-hybridized carbons (Fsp3) is 0.333. The van der Waals surface area contributed by atoms with Crippen LogP contribution in [0.15, 0.2) is 52.2 Å². The normalized spacial score (nSPS) is 17.8. The van der Waals surface area contributed by atoms with Gasteiger partial charge in [0, 0.05) is 38.3 Å². The SMILES string of the molecule is O=C(NCC(O)CN1CCc2ccccc2C1)C1=CN=C=CN=C1. The number of hydrogen-bond donors (Lipinski definition) is 2. The molecule has 2 aliphatic rings. The summed E-state index contributed by atoms with van der Waals surface area (Å²) in [5, 5.41) is 12.9. The Morgan fingerprint density at radius 1 is 1.38 bits per heavy atom. The van der Waals surface area contributed by atoms with Crippen molar-refractivity contribution >= 4 is 18.0 Å². The van der Waals surface area contributed by atoms with Crippen LogP contribution in [0.4, 0.5) is 0 Å². The van der Waals surface area contributed by atoms with Gasteiger partial charge >= 0.3 is 0 Å². The highest BCUT2D eigenvalue weighted by atomic mass is 16.3. The van der Waals surface area contributed by atoms with Gasteiger partial charge < -0.3 is 10.4 Å². The number of benzene rings is 1. The molecule has 1 atom stereocenters. The van der Waals surface area contributed by atoms with Crippen molar-refractivity contribution in [3.05, 3.63) is 53.4 Å². The average Bonchev–Trinajstić information content (AvgIpc) is 2.89. The van der Waals surface area contributed by atoms with E-state index in [-0.39, 0.29) is 12.5 Å². The molecule has 0 aliphatic carbocycles. The van der Waals surface area contributed by atoms with Gasteiger partial charge in [-0.05, 0) is 17.5 Å². The van der Waals surface area contributed by atoms with Crippen molar-refractivity contribution in [2.24, 2.45) is 9.98 Å². The van der Waals surface area contributed by atoms with E-state index in [1.807, 2.05) is 6.07 Å². The van der Waals surface area contributed by atoms with Crippen LogP contribution in [-0.4, -0.2) is 53.7 Å². The zero-order valence-corrected chi connectivity index (χ0v) is 13.4. The van der Waals surface area contributed by atoms with Gasteiger partial charge in [-0.15, -0.1) is 0 Å². The minimum Gasteiger partial charge on any atom is -0.390 e. The highest BCUT2D eigenvalue weighted by Gasteiger charge is 2.19. The first-order valence-corrected chi connectivity index (χ1v) is 7.98. The second-order valence-corrected chi connectivity index (χ2v) is 5.87. The quantitative estimate of drug-likeness (QED) is 0.836. The Morgan fingerprint density at radius 3 is 3.08 bits per heavy atom. The van der Waals surface area contributed by atoms with Crippen LogP contribution in [0.25, 0.3) is 0 Å². The lowest BCUT2D eigenvalue weighted by molar-refractivity contribution is -0.117. The van der Waals surface area contributed by atoms with Crippen molar-refractivity contribution in [2.45, 2.75) is 19.1 Å². The van der Waals surface area contributed by atoms with Gasteiger partial charge in [-0.25, -0.2) is 4.99 Å². The molecule has 6 nitrogen and oxygen atoms in total. The number of hydrogen-bond acceptors (Lipinski definition) is 5. The molecule has 0 saturated heterocycles. The van der Waals surface area contributed by atoms with Crippen molar-refractivity contribution in [1.82, 2.24) is 10.2 Å². The molecule has 0 spiro atoms. The summed E-state index contributed by atoms with van der Waals surface area (Å²) < 4.78 is 0. The predicted molar refractivity (Wildman–Crippen MR) is 93.0 cm³/mol. The molecule has 1 amide bonds. The lowest BCUT2D eigenvalue weighted by Gasteiger charge is -2.30. The monoisotopic (exact) mass is 324 g/mol. The third-order valence-corrected chi connectivity index (χ3v) is 4.06. The maximum Gasteiger partial charge on any atom is 0.254 e. The van der Waals surface area contributed by atoms with Crippen molar-refractivity contribution in [1.29, 1.82) is 0 Å². The number of rotatable bonds is 5. The number of carbonyl (C=O) groups excluding carboxylic acids is 1. The zero-order valence-electron chi connectivity index (χ0n) is 13.4.